The molecular formula is C28H32N2O3S. The first kappa shape index (κ1) is 22.9. The lowest BCUT2D eigenvalue weighted by Crippen LogP contribution is -2.29. The summed E-state index contributed by atoms with van der Waals surface area (Å²) in [6.07, 6.45) is 0.814. The van der Waals surface area contributed by atoms with E-state index in [2.05, 4.69) is 48.2 Å². The molecule has 0 saturated carbocycles. The first-order valence-electron chi connectivity index (χ1n) is 11.9. The van der Waals surface area contributed by atoms with Gasteiger partial charge in [0.15, 0.2) is 0 Å². The number of sulfonamides is 1. The molecule has 2 heterocycles. The predicted molar refractivity (Wildman–Crippen MR) is 137 cm³/mol. The highest BCUT2D eigenvalue weighted by atomic mass is 32.2. The van der Waals surface area contributed by atoms with E-state index in [4.69, 9.17) is 4.74 Å². The summed E-state index contributed by atoms with van der Waals surface area (Å²) >= 11 is 0. The van der Waals surface area contributed by atoms with Crippen LogP contribution in [0.25, 0.3) is 0 Å². The monoisotopic (exact) mass is 476 g/mol. The summed E-state index contributed by atoms with van der Waals surface area (Å²) in [6, 6.07) is 19.9. The number of fused-ring (bicyclic) bond motifs is 3. The Bertz CT molecular complexity index is 1320. The molecule has 0 aromatic heterocycles. The van der Waals surface area contributed by atoms with Crippen LogP contribution in [0.3, 0.4) is 0 Å². The van der Waals surface area contributed by atoms with E-state index >= 15 is 0 Å². The van der Waals surface area contributed by atoms with Crippen LogP contribution in [0.2, 0.25) is 0 Å². The SMILES string of the molecule is Cc1ccc(NS(=O)(=O)c2ccc3c(c2)C2OCCC2C(c2ccc(C(C)C)cc2)N3)cc1C. The second kappa shape index (κ2) is 8.75. The van der Waals surface area contributed by atoms with E-state index in [1.54, 1.807) is 18.2 Å². The van der Waals surface area contributed by atoms with Crippen LogP contribution in [0, 0.1) is 19.8 Å². The van der Waals surface area contributed by atoms with Crippen LogP contribution in [-0.2, 0) is 14.8 Å². The number of aryl methyl sites for hydroxylation is 2. The lowest BCUT2D eigenvalue weighted by molar-refractivity contribution is 0.0827. The van der Waals surface area contributed by atoms with E-state index in [1.165, 1.54) is 11.1 Å². The van der Waals surface area contributed by atoms with Crippen LogP contribution in [0.5, 0.6) is 0 Å². The fraction of sp³-hybridized carbons (Fsp3) is 0.357. The Hall–Kier alpha value is -2.83. The van der Waals surface area contributed by atoms with Gasteiger partial charge in [0.25, 0.3) is 10.0 Å². The van der Waals surface area contributed by atoms with Gasteiger partial charge in [-0.3, -0.25) is 4.72 Å². The number of ether oxygens (including phenoxy) is 1. The van der Waals surface area contributed by atoms with Gasteiger partial charge in [-0.1, -0.05) is 44.2 Å². The summed E-state index contributed by atoms with van der Waals surface area (Å²) in [5, 5.41) is 3.68. The summed E-state index contributed by atoms with van der Waals surface area (Å²) in [7, 11) is -3.72. The summed E-state index contributed by atoms with van der Waals surface area (Å²) in [6.45, 7) is 9.06. The van der Waals surface area contributed by atoms with E-state index in [0.29, 0.717) is 18.2 Å². The zero-order chi connectivity index (χ0) is 24.0. The number of hydrogen-bond donors (Lipinski definition) is 2. The normalized spacial score (nSPS) is 21.6. The van der Waals surface area contributed by atoms with Crippen molar-refractivity contribution in [3.8, 4) is 0 Å². The Morgan fingerprint density at radius 2 is 1.74 bits per heavy atom. The number of rotatable bonds is 5. The van der Waals surface area contributed by atoms with Crippen LogP contribution < -0.4 is 10.0 Å². The summed E-state index contributed by atoms with van der Waals surface area (Å²) in [4.78, 5) is 0.250. The molecule has 2 aliphatic rings. The molecule has 3 unspecified atom stereocenters. The molecule has 0 bridgehead atoms. The maximum absolute atomic E-state index is 13.2. The van der Waals surface area contributed by atoms with Gasteiger partial charge < -0.3 is 10.1 Å². The average molecular weight is 477 g/mol. The van der Waals surface area contributed by atoms with E-state index in [1.807, 2.05) is 32.0 Å². The van der Waals surface area contributed by atoms with Crippen LogP contribution >= 0.6 is 0 Å². The van der Waals surface area contributed by atoms with E-state index in [-0.39, 0.29) is 23.0 Å². The molecule has 1 fully saturated rings. The maximum Gasteiger partial charge on any atom is 0.261 e. The van der Waals surface area contributed by atoms with E-state index in [0.717, 1.165) is 28.8 Å². The fourth-order valence-corrected chi connectivity index (χ4v) is 6.14. The molecule has 34 heavy (non-hydrogen) atoms. The first-order chi connectivity index (χ1) is 16.2. The van der Waals surface area contributed by atoms with Gasteiger partial charge in [-0.05, 0) is 78.8 Å². The highest BCUT2D eigenvalue weighted by molar-refractivity contribution is 7.92. The minimum absolute atomic E-state index is 0.122. The Balaban J connectivity index is 1.45. The number of benzene rings is 3. The number of anilines is 2. The molecule has 178 valence electrons. The number of nitrogens with one attached hydrogen (secondary N) is 2. The van der Waals surface area contributed by atoms with Crippen molar-refractivity contribution in [1.29, 1.82) is 0 Å². The molecule has 3 aromatic rings. The third-order valence-corrected chi connectivity index (χ3v) is 8.62. The van der Waals surface area contributed by atoms with Crippen molar-refractivity contribution >= 4 is 21.4 Å². The molecule has 5 rings (SSSR count). The van der Waals surface area contributed by atoms with Crippen molar-refractivity contribution in [1.82, 2.24) is 0 Å². The molecule has 0 aliphatic carbocycles. The van der Waals surface area contributed by atoms with Crippen LogP contribution in [0.15, 0.2) is 65.6 Å². The minimum Gasteiger partial charge on any atom is -0.378 e. The van der Waals surface area contributed by atoms with E-state index < -0.39 is 10.0 Å². The fourth-order valence-electron chi connectivity index (χ4n) is 5.06. The molecule has 2 N–H and O–H groups in total. The molecule has 0 amide bonds. The van der Waals surface area contributed by atoms with Crippen molar-refractivity contribution in [2.75, 3.05) is 16.6 Å². The van der Waals surface area contributed by atoms with Gasteiger partial charge in [0.2, 0.25) is 0 Å². The van der Waals surface area contributed by atoms with Gasteiger partial charge in [-0.15, -0.1) is 0 Å². The largest absolute Gasteiger partial charge is 0.378 e. The quantitative estimate of drug-likeness (QED) is 0.443. The highest BCUT2D eigenvalue weighted by Gasteiger charge is 2.42. The summed E-state index contributed by atoms with van der Waals surface area (Å²) in [5.41, 5.74) is 7.16. The van der Waals surface area contributed by atoms with Gasteiger partial charge >= 0.3 is 0 Å². The van der Waals surface area contributed by atoms with Gasteiger partial charge in [0.1, 0.15) is 0 Å². The molecule has 3 aromatic carbocycles. The molecule has 0 spiro atoms. The van der Waals surface area contributed by atoms with Crippen molar-refractivity contribution < 1.29 is 13.2 Å². The smallest absolute Gasteiger partial charge is 0.261 e. The molecular weight excluding hydrogens is 444 g/mol. The third kappa shape index (κ3) is 4.21. The van der Waals surface area contributed by atoms with Gasteiger partial charge in [-0.25, -0.2) is 8.42 Å². The van der Waals surface area contributed by atoms with Crippen molar-refractivity contribution in [3.05, 3.63) is 88.5 Å². The molecule has 2 aliphatic heterocycles. The zero-order valence-corrected chi connectivity index (χ0v) is 20.9. The first-order valence-corrected chi connectivity index (χ1v) is 13.4. The lowest BCUT2D eigenvalue weighted by Gasteiger charge is -2.36. The highest BCUT2D eigenvalue weighted by Crippen LogP contribution is 2.50. The van der Waals surface area contributed by atoms with Crippen molar-refractivity contribution in [2.45, 2.75) is 57.1 Å². The molecule has 1 saturated heterocycles. The number of hydrogen-bond acceptors (Lipinski definition) is 4. The zero-order valence-electron chi connectivity index (χ0n) is 20.1. The second-order valence-electron chi connectivity index (χ2n) is 9.84. The van der Waals surface area contributed by atoms with E-state index in [9.17, 15) is 8.42 Å². The Labute approximate surface area is 202 Å². The summed E-state index contributed by atoms with van der Waals surface area (Å²) in [5.74, 6) is 0.748. The predicted octanol–water partition coefficient (Wildman–Crippen LogP) is 6.47. The molecule has 6 heteroatoms. The van der Waals surface area contributed by atoms with Gasteiger partial charge in [0.05, 0.1) is 17.0 Å². The standard InChI is InChI=1S/C28H32N2O3S/c1-17(2)20-6-8-21(9-7-20)27-24-13-14-33-28(24)25-16-23(11-12-26(25)29-27)34(31,32)30-22-10-5-18(3)19(4)15-22/h5-12,15-17,24,27-30H,13-14H2,1-4H3. The maximum atomic E-state index is 13.2. The Morgan fingerprint density at radius 3 is 2.44 bits per heavy atom. The Kier molecular flexibility index (Phi) is 5.90. The van der Waals surface area contributed by atoms with Crippen molar-refractivity contribution in [2.24, 2.45) is 5.92 Å². The van der Waals surface area contributed by atoms with Crippen LogP contribution in [0.4, 0.5) is 11.4 Å². The van der Waals surface area contributed by atoms with Gasteiger partial charge in [0, 0.05) is 29.5 Å². The van der Waals surface area contributed by atoms with Crippen LogP contribution in [0.1, 0.15) is 66.1 Å². The van der Waals surface area contributed by atoms with Crippen LogP contribution in [-0.4, -0.2) is 15.0 Å². The summed E-state index contributed by atoms with van der Waals surface area (Å²) < 4.78 is 35.2. The second-order valence-corrected chi connectivity index (χ2v) is 11.5. The third-order valence-electron chi connectivity index (χ3n) is 7.24. The minimum atomic E-state index is -3.72. The Morgan fingerprint density at radius 1 is 0.971 bits per heavy atom. The average Bonchev–Trinajstić information content (AvgIpc) is 3.31. The molecule has 0 radical (unpaired) electrons. The lowest BCUT2D eigenvalue weighted by atomic mass is 9.80. The topological polar surface area (TPSA) is 67.4 Å². The molecule has 5 nitrogen and oxygen atoms in total. The molecule has 3 atom stereocenters. The van der Waals surface area contributed by atoms with Crippen molar-refractivity contribution in [3.63, 3.8) is 0 Å². The van der Waals surface area contributed by atoms with Gasteiger partial charge in [-0.2, -0.15) is 0 Å².